The van der Waals surface area contributed by atoms with Crippen LogP contribution in [0.4, 0.5) is 5.69 Å². The summed E-state index contributed by atoms with van der Waals surface area (Å²) in [5.74, 6) is 1.62. The molecule has 0 radical (unpaired) electrons. The maximum Gasteiger partial charge on any atom is 0.127 e. The summed E-state index contributed by atoms with van der Waals surface area (Å²) in [5, 5.41) is 11.6. The van der Waals surface area contributed by atoms with Crippen molar-refractivity contribution in [1.82, 2.24) is 0 Å². The summed E-state index contributed by atoms with van der Waals surface area (Å²) in [4.78, 5) is 0. The van der Waals surface area contributed by atoms with Crippen LogP contribution in [0.3, 0.4) is 0 Å². The lowest BCUT2D eigenvalue weighted by Gasteiger charge is -2.07. The Morgan fingerprint density at radius 2 is 1.61 bits per heavy atom. The Kier molecular flexibility index (Phi) is 4.21. The molecule has 0 unspecified atom stereocenters. The fourth-order valence-corrected chi connectivity index (χ4v) is 1.53. The lowest BCUT2D eigenvalue weighted by Crippen LogP contribution is -1.99. The number of nitrogens with zero attached hydrogens (tertiary/aromatic N) is 1. The molecule has 0 amide bonds. The van der Waals surface area contributed by atoms with Crippen molar-refractivity contribution in [2.45, 2.75) is 6.42 Å². The van der Waals surface area contributed by atoms with E-state index in [1.54, 1.807) is 0 Å². The monoisotopic (exact) mass is 238 g/mol. The van der Waals surface area contributed by atoms with Crippen molar-refractivity contribution >= 4 is 5.69 Å². The van der Waals surface area contributed by atoms with E-state index < -0.39 is 0 Å². The van der Waals surface area contributed by atoms with Crippen molar-refractivity contribution in [3.05, 3.63) is 54.6 Å². The fraction of sp³-hybridized carbons (Fsp3) is 0.133. The largest absolute Gasteiger partial charge is 0.457 e. The van der Waals surface area contributed by atoms with E-state index in [4.69, 9.17) is 10.00 Å². The zero-order valence-electron chi connectivity index (χ0n) is 9.97. The predicted octanol–water partition coefficient (Wildman–Crippen LogP) is 3.80. The smallest absolute Gasteiger partial charge is 0.127 e. The van der Waals surface area contributed by atoms with Crippen LogP contribution in [0, 0.1) is 11.3 Å². The van der Waals surface area contributed by atoms with Crippen LogP contribution in [-0.2, 0) is 0 Å². The van der Waals surface area contributed by atoms with Crippen LogP contribution in [-0.4, -0.2) is 6.54 Å². The molecule has 1 N–H and O–H groups in total. The SMILES string of the molecule is N#CCCNc1ccc(Oc2ccccc2)cc1. The van der Waals surface area contributed by atoms with Crippen LogP contribution in [0.15, 0.2) is 54.6 Å². The molecule has 0 aromatic heterocycles. The number of nitriles is 1. The summed E-state index contributed by atoms with van der Waals surface area (Å²) in [6, 6.07) is 19.4. The van der Waals surface area contributed by atoms with Gasteiger partial charge in [-0.2, -0.15) is 5.26 Å². The van der Waals surface area contributed by atoms with Crippen molar-refractivity contribution in [2.24, 2.45) is 0 Å². The Bertz CT molecular complexity index is 514. The molecule has 18 heavy (non-hydrogen) atoms. The number of ether oxygens (including phenoxy) is 1. The number of rotatable bonds is 5. The first kappa shape index (κ1) is 12.0. The number of hydrogen-bond donors (Lipinski definition) is 1. The van der Waals surface area contributed by atoms with Crippen LogP contribution in [0.2, 0.25) is 0 Å². The van der Waals surface area contributed by atoms with Crippen molar-refractivity contribution in [3.63, 3.8) is 0 Å². The normalized spacial score (nSPS) is 9.50. The van der Waals surface area contributed by atoms with E-state index >= 15 is 0 Å². The summed E-state index contributed by atoms with van der Waals surface area (Å²) in [7, 11) is 0. The molecule has 2 aromatic carbocycles. The summed E-state index contributed by atoms with van der Waals surface area (Å²) in [6.07, 6.45) is 0.502. The summed E-state index contributed by atoms with van der Waals surface area (Å²) >= 11 is 0. The van der Waals surface area contributed by atoms with Gasteiger partial charge in [-0.15, -0.1) is 0 Å². The van der Waals surface area contributed by atoms with Gasteiger partial charge in [-0.1, -0.05) is 18.2 Å². The van der Waals surface area contributed by atoms with Gasteiger partial charge in [-0.05, 0) is 36.4 Å². The lowest BCUT2D eigenvalue weighted by molar-refractivity contribution is 0.483. The molecule has 0 aliphatic heterocycles. The zero-order chi connectivity index (χ0) is 12.6. The number of benzene rings is 2. The standard InChI is InChI=1S/C15H14N2O/c16-11-4-12-17-13-7-9-15(10-8-13)18-14-5-2-1-3-6-14/h1-3,5-10,17H,4,12H2. The molecule has 90 valence electrons. The van der Waals surface area contributed by atoms with Crippen LogP contribution in [0.25, 0.3) is 0 Å². The van der Waals surface area contributed by atoms with Crippen molar-refractivity contribution in [2.75, 3.05) is 11.9 Å². The van der Waals surface area contributed by atoms with Crippen molar-refractivity contribution in [3.8, 4) is 17.6 Å². The number of nitrogens with one attached hydrogen (secondary N) is 1. The minimum atomic E-state index is 0.502. The number of para-hydroxylation sites is 1. The van der Waals surface area contributed by atoms with Crippen molar-refractivity contribution < 1.29 is 4.74 Å². The van der Waals surface area contributed by atoms with Gasteiger partial charge in [0.1, 0.15) is 11.5 Å². The molecule has 0 atom stereocenters. The van der Waals surface area contributed by atoms with Gasteiger partial charge in [-0.3, -0.25) is 0 Å². The molecule has 3 heteroatoms. The highest BCUT2D eigenvalue weighted by Crippen LogP contribution is 2.22. The first-order valence-corrected chi connectivity index (χ1v) is 5.82. The molecule has 2 aromatic rings. The average Bonchev–Trinajstić information content (AvgIpc) is 2.42. The van der Waals surface area contributed by atoms with Gasteiger partial charge in [0.15, 0.2) is 0 Å². The third kappa shape index (κ3) is 3.53. The van der Waals surface area contributed by atoms with E-state index in [1.165, 1.54) is 0 Å². The molecular formula is C15H14N2O. The first-order chi connectivity index (χ1) is 8.88. The van der Waals surface area contributed by atoms with Crippen LogP contribution < -0.4 is 10.1 Å². The Morgan fingerprint density at radius 3 is 2.28 bits per heavy atom. The lowest BCUT2D eigenvalue weighted by atomic mass is 10.3. The molecule has 0 aliphatic rings. The van der Waals surface area contributed by atoms with Crippen LogP contribution in [0.1, 0.15) is 6.42 Å². The van der Waals surface area contributed by atoms with Gasteiger partial charge in [0.25, 0.3) is 0 Å². The van der Waals surface area contributed by atoms with E-state index in [2.05, 4.69) is 11.4 Å². The second-order valence-electron chi connectivity index (χ2n) is 3.77. The topological polar surface area (TPSA) is 45.0 Å². The Morgan fingerprint density at radius 1 is 0.944 bits per heavy atom. The minimum Gasteiger partial charge on any atom is -0.457 e. The number of anilines is 1. The average molecular weight is 238 g/mol. The Labute approximate surface area is 107 Å². The highest BCUT2D eigenvalue weighted by atomic mass is 16.5. The Balaban J connectivity index is 1.94. The molecule has 0 spiro atoms. The van der Waals surface area contributed by atoms with Gasteiger partial charge in [0, 0.05) is 12.2 Å². The molecule has 0 aliphatic carbocycles. The maximum atomic E-state index is 8.44. The molecule has 3 nitrogen and oxygen atoms in total. The van der Waals surface area contributed by atoms with E-state index in [1.807, 2.05) is 54.6 Å². The van der Waals surface area contributed by atoms with Gasteiger partial charge in [0.05, 0.1) is 12.5 Å². The molecule has 0 fully saturated rings. The van der Waals surface area contributed by atoms with E-state index in [-0.39, 0.29) is 0 Å². The number of hydrogen-bond acceptors (Lipinski definition) is 3. The molecular weight excluding hydrogens is 224 g/mol. The minimum absolute atomic E-state index is 0.502. The zero-order valence-corrected chi connectivity index (χ0v) is 9.97. The molecule has 2 rings (SSSR count). The predicted molar refractivity (Wildman–Crippen MR) is 71.7 cm³/mol. The molecule has 0 heterocycles. The molecule has 0 saturated carbocycles. The third-order valence-electron chi connectivity index (χ3n) is 2.40. The third-order valence-corrected chi connectivity index (χ3v) is 2.40. The van der Waals surface area contributed by atoms with Crippen LogP contribution in [0.5, 0.6) is 11.5 Å². The van der Waals surface area contributed by atoms with E-state index in [0.29, 0.717) is 13.0 Å². The van der Waals surface area contributed by atoms with E-state index in [9.17, 15) is 0 Å². The maximum absolute atomic E-state index is 8.44. The quantitative estimate of drug-likeness (QED) is 0.806. The summed E-state index contributed by atoms with van der Waals surface area (Å²) in [6.45, 7) is 0.662. The highest BCUT2D eigenvalue weighted by Gasteiger charge is 1.96. The molecule has 0 bridgehead atoms. The summed E-state index contributed by atoms with van der Waals surface area (Å²) < 4.78 is 5.68. The molecule has 0 saturated heterocycles. The van der Waals surface area contributed by atoms with Gasteiger partial charge >= 0.3 is 0 Å². The Hall–Kier alpha value is -2.47. The van der Waals surface area contributed by atoms with Gasteiger partial charge in [-0.25, -0.2) is 0 Å². The van der Waals surface area contributed by atoms with Gasteiger partial charge in [0.2, 0.25) is 0 Å². The second kappa shape index (κ2) is 6.31. The first-order valence-electron chi connectivity index (χ1n) is 5.82. The second-order valence-corrected chi connectivity index (χ2v) is 3.77. The van der Waals surface area contributed by atoms with Gasteiger partial charge < -0.3 is 10.1 Å². The van der Waals surface area contributed by atoms with E-state index in [0.717, 1.165) is 17.2 Å². The summed E-state index contributed by atoms with van der Waals surface area (Å²) in [5.41, 5.74) is 0.991. The fourth-order valence-electron chi connectivity index (χ4n) is 1.53. The van der Waals surface area contributed by atoms with Crippen molar-refractivity contribution in [1.29, 1.82) is 5.26 Å². The van der Waals surface area contributed by atoms with Crippen LogP contribution >= 0.6 is 0 Å². The highest BCUT2D eigenvalue weighted by molar-refractivity contribution is 5.47.